The van der Waals surface area contributed by atoms with Gasteiger partial charge in [0.2, 0.25) is 0 Å². The van der Waals surface area contributed by atoms with Gasteiger partial charge in [-0.05, 0) is 35.7 Å². The lowest BCUT2D eigenvalue weighted by Gasteiger charge is -2.33. The second-order valence-electron chi connectivity index (χ2n) is 8.65. The molecule has 2 aromatic rings. The Morgan fingerprint density at radius 1 is 0.919 bits per heavy atom. The Bertz CT molecular complexity index is 1270. The fourth-order valence-corrected chi connectivity index (χ4v) is 5.06. The monoisotopic (exact) mass is 545 g/mol. The summed E-state index contributed by atoms with van der Waals surface area (Å²) in [6.07, 6.45) is -9.91. The zero-order valence-electron chi connectivity index (χ0n) is 20.0. The van der Waals surface area contributed by atoms with Crippen LogP contribution in [0.1, 0.15) is 36.1 Å². The highest BCUT2D eigenvalue weighted by Crippen LogP contribution is 2.43. The van der Waals surface area contributed by atoms with Crippen molar-refractivity contribution in [2.45, 2.75) is 38.0 Å². The topological polar surface area (TPSA) is 63.5 Å². The molecule has 0 spiro atoms. The Hall–Kier alpha value is -3.22. The number of rotatable bonds is 5. The van der Waals surface area contributed by atoms with Gasteiger partial charge in [-0.15, -0.1) is 0 Å². The molecule has 0 bridgehead atoms. The first kappa shape index (κ1) is 26.8. The molecule has 0 aromatic heterocycles. The van der Waals surface area contributed by atoms with E-state index in [-0.39, 0.29) is 34.3 Å². The molecule has 1 atom stereocenters. The highest BCUT2D eigenvalue weighted by atomic mass is 32.2. The summed E-state index contributed by atoms with van der Waals surface area (Å²) in [6.45, 7) is 3.60. The maximum Gasteiger partial charge on any atom is 0.416 e. The zero-order chi connectivity index (χ0) is 27.3. The Morgan fingerprint density at radius 2 is 1.49 bits per heavy atom. The lowest BCUT2D eigenvalue weighted by molar-refractivity contribution is -0.143. The zero-order valence-corrected chi connectivity index (χ0v) is 20.8. The summed E-state index contributed by atoms with van der Waals surface area (Å²) in [4.78, 5) is 23.2. The number of methoxy groups -OCH3 is 2. The lowest BCUT2D eigenvalue weighted by atomic mass is 10.0. The molecule has 0 aliphatic carbocycles. The summed E-state index contributed by atoms with van der Waals surface area (Å²) in [5, 5.41) is 0.217. The first-order valence-electron chi connectivity index (χ1n) is 10.9. The lowest BCUT2D eigenvalue weighted by Crippen LogP contribution is -2.46. The van der Waals surface area contributed by atoms with Crippen LogP contribution in [0.4, 0.5) is 32.0 Å². The van der Waals surface area contributed by atoms with Gasteiger partial charge in [0.25, 0.3) is 5.91 Å². The van der Waals surface area contributed by atoms with Crippen LogP contribution in [-0.2, 0) is 22.9 Å². The number of hydrogen-bond acceptors (Lipinski definition) is 6. The van der Waals surface area contributed by atoms with Crippen LogP contribution in [0, 0.1) is 5.92 Å². The summed E-state index contributed by atoms with van der Waals surface area (Å²) in [7, 11) is 2.87. The molecule has 0 fully saturated rings. The van der Waals surface area contributed by atoms with Crippen molar-refractivity contribution in [3.63, 3.8) is 0 Å². The van der Waals surface area contributed by atoms with Crippen LogP contribution in [0.5, 0.6) is 11.5 Å². The van der Waals surface area contributed by atoms with Gasteiger partial charge in [0.1, 0.15) is 11.9 Å². The standard InChI is InChI=1S/C24H21F6N3O3S/c1-11(2)19-21(34)32-20-15-8-17(35-3)18(36-4)9-16(15)31-22(33(19)20)37-10-12-5-13(23(25,26)27)7-14(6-12)24(28,29)30/h5-9,11,19H,10H2,1-4H3/t19-/m0/s1. The number of benzene rings is 2. The number of fused-ring (bicyclic) bond motifs is 3. The van der Waals surface area contributed by atoms with E-state index >= 15 is 0 Å². The predicted octanol–water partition coefficient (Wildman–Crippen LogP) is 6.29. The number of thioether (sulfide) groups is 1. The van der Waals surface area contributed by atoms with Gasteiger partial charge in [-0.3, -0.25) is 9.69 Å². The number of halogens is 6. The van der Waals surface area contributed by atoms with Crippen molar-refractivity contribution in [2.75, 3.05) is 14.2 Å². The summed E-state index contributed by atoms with van der Waals surface area (Å²) in [5.41, 5.74) is -2.14. The van der Waals surface area contributed by atoms with Gasteiger partial charge in [0, 0.05) is 17.4 Å². The number of hydrogen-bond donors (Lipinski definition) is 0. The molecule has 0 radical (unpaired) electrons. The van der Waals surface area contributed by atoms with E-state index in [1.54, 1.807) is 30.9 Å². The van der Waals surface area contributed by atoms with Crippen molar-refractivity contribution in [1.82, 2.24) is 4.90 Å². The van der Waals surface area contributed by atoms with Gasteiger partial charge in [-0.1, -0.05) is 25.6 Å². The minimum Gasteiger partial charge on any atom is -0.493 e. The summed E-state index contributed by atoms with van der Waals surface area (Å²) in [6, 6.07) is 3.88. The number of carbonyl (C=O) groups excluding carboxylic acids is 1. The fourth-order valence-electron chi connectivity index (χ4n) is 4.10. The molecule has 0 saturated carbocycles. The Morgan fingerprint density at radius 3 is 2.00 bits per heavy atom. The van der Waals surface area contributed by atoms with Crippen LogP contribution in [0.15, 0.2) is 40.3 Å². The van der Waals surface area contributed by atoms with Crippen molar-refractivity contribution in [2.24, 2.45) is 15.9 Å². The molecular weight excluding hydrogens is 524 g/mol. The van der Waals surface area contributed by atoms with Crippen LogP contribution in [0.25, 0.3) is 0 Å². The molecule has 6 nitrogen and oxygen atoms in total. The Labute approximate surface area is 212 Å². The van der Waals surface area contributed by atoms with Crippen LogP contribution in [0.3, 0.4) is 0 Å². The van der Waals surface area contributed by atoms with Gasteiger partial charge in [0.15, 0.2) is 16.7 Å². The predicted molar refractivity (Wildman–Crippen MR) is 126 cm³/mol. The van der Waals surface area contributed by atoms with Gasteiger partial charge in [-0.2, -0.15) is 31.3 Å². The van der Waals surface area contributed by atoms with E-state index in [1.807, 2.05) is 0 Å². The largest absolute Gasteiger partial charge is 0.493 e. The highest BCUT2D eigenvalue weighted by molar-refractivity contribution is 8.13. The van der Waals surface area contributed by atoms with Crippen molar-refractivity contribution in [3.8, 4) is 11.5 Å². The average molecular weight is 546 g/mol. The number of amidine groups is 2. The summed E-state index contributed by atoms with van der Waals surface area (Å²) < 4.78 is 90.5. The molecular formula is C24H21F6N3O3S. The van der Waals surface area contributed by atoms with Crippen molar-refractivity contribution < 1.29 is 40.6 Å². The van der Waals surface area contributed by atoms with Crippen LogP contribution in [-0.4, -0.2) is 42.1 Å². The van der Waals surface area contributed by atoms with E-state index in [4.69, 9.17) is 9.47 Å². The fraction of sp³-hybridized carbons (Fsp3) is 0.375. The molecule has 2 aliphatic rings. The molecule has 13 heteroatoms. The molecule has 2 heterocycles. The van der Waals surface area contributed by atoms with Crippen LogP contribution >= 0.6 is 11.8 Å². The average Bonchev–Trinajstić information content (AvgIpc) is 3.17. The SMILES string of the molecule is COc1cc2c(cc1OC)C1=NC(=O)[C@H](C(C)C)N1C(SCc1cc(C(F)(F)F)cc(C(F)(F)F)c1)=N2. The Kier molecular flexibility index (Phi) is 6.95. The summed E-state index contributed by atoms with van der Waals surface area (Å²) in [5.74, 6) is 0.0836. The third-order valence-electron chi connectivity index (χ3n) is 5.79. The van der Waals surface area contributed by atoms with E-state index in [1.165, 1.54) is 14.2 Å². The molecule has 0 N–H and O–H groups in total. The third-order valence-corrected chi connectivity index (χ3v) is 6.81. The minimum absolute atomic E-state index is 0.0842. The highest BCUT2D eigenvalue weighted by Gasteiger charge is 2.44. The quantitative estimate of drug-likeness (QED) is 0.414. The number of ether oxygens (including phenoxy) is 2. The number of aliphatic imine (C=N–C) groups is 2. The second-order valence-corrected chi connectivity index (χ2v) is 9.60. The molecule has 2 aliphatic heterocycles. The molecule has 0 saturated heterocycles. The summed E-state index contributed by atoms with van der Waals surface area (Å²) >= 11 is 0.912. The van der Waals surface area contributed by atoms with Gasteiger partial charge < -0.3 is 9.47 Å². The maximum absolute atomic E-state index is 13.3. The normalized spacial score (nSPS) is 17.4. The number of nitrogens with zero attached hydrogens (tertiary/aromatic N) is 3. The van der Waals surface area contributed by atoms with E-state index in [9.17, 15) is 31.1 Å². The Balaban J connectivity index is 1.78. The van der Waals surface area contributed by atoms with Crippen molar-refractivity contribution in [3.05, 3.63) is 52.6 Å². The first-order valence-corrected chi connectivity index (χ1v) is 11.9. The molecule has 37 heavy (non-hydrogen) atoms. The molecule has 1 amide bonds. The van der Waals surface area contributed by atoms with E-state index in [2.05, 4.69) is 9.98 Å². The maximum atomic E-state index is 13.3. The minimum atomic E-state index is -4.96. The van der Waals surface area contributed by atoms with Crippen LogP contribution < -0.4 is 9.47 Å². The van der Waals surface area contributed by atoms with Crippen molar-refractivity contribution >= 4 is 34.4 Å². The second kappa shape index (κ2) is 9.58. The van der Waals surface area contributed by atoms with Crippen LogP contribution in [0.2, 0.25) is 0 Å². The van der Waals surface area contributed by atoms with Gasteiger partial charge >= 0.3 is 12.4 Å². The number of alkyl halides is 6. The van der Waals surface area contributed by atoms with Gasteiger partial charge in [0.05, 0.1) is 31.0 Å². The molecule has 4 rings (SSSR count). The van der Waals surface area contributed by atoms with E-state index in [0.717, 1.165) is 11.8 Å². The van der Waals surface area contributed by atoms with Crippen molar-refractivity contribution in [1.29, 1.82) is 0 Å². The molecule has 198 valence electrons. The van der Waals surface area contributed by atoms with E-state index in [0.29, 0.717) is 34.9 Å². The number of carbonyl (C=O) groups is 1. The molecule has 0 unspecified atom stereocenters. The number of amides is 1. The molecule has 2 aromatic carbocycles. The smallest absolute Gasteiger partial charge is 0.416 e. The van der Waals surface area contributed by atoms with Gasteiger partial charge in [-0.25, -0.2) is 4.99 Å². The van der Waals surface area contributed by atoms with E-state index < -0.39 is 35.4 Å². The first-order chi connectivity index (χ1) is 17.2. The third kappa shape index (κ3) is 5.13.